The fourth-order valence-corrected chi connectivity index (χ4v) is 2.03. The van der Waals surface area contributed by atoms with Crippen molar-refractivity contribution < 1.29 is 13.9 Å². The van der Waals surface area contributed by atoms with Crippen LogP contribution in [0.5, 0.6) is 17.2 Å². The summed E-state index contributed by atoms with van der Waals surface area (Å²) in [5, 5.41) is 0. The minimum absolute atomic E-state index is 0.357. The first-order valence-corrected chi connectivity index (χ1v) is 6.39. The van der Waals surface area contributed by atoms with Crippen molar-refractivity contribution in [1.82, 2.24) is 0 Å². The first-order chi connectivity index (χ1) is 9.52. The van der Waals surface area contributed by atoms with Crippen molar-refractivity contribution in [3.05, 3.63) is 53.3 Å². The zero-order valence-electron chi connectivity index (χ0n) is 11.8. The number of nitrogens with two attached hydrogens (primary N) is 1. The van der Waals surface area contributed by atoms with Crippen LogP contribution in [0.1, 0.15) is 24.1 Å². The third-order valence-corrected chi connectivity index (χ3v) is 3.01. The molecular weight excluding hydrogens is 257 g/mol. The van der Waals surface area contributed by atoms with E-state index in [4.69, 9.17) is 15.2 Å². The Morgan fingerprint density at radius 1 is 1.10 bits per heavy atom. The molecule has 2 aromatic rings. The molecule has 0 heterocycles. The van der Waals surface area contributed by atoms with Gasteiger partial charge in [-0.1, -0.05) is 12.1 Å². The van der Waals surface area contributed by atoms with Gasteiger partial charge < -0.3 is 15.2 Å². The lowest BCUT2D eigenvalue weighted by atomic mass is 10.1. The van der Waals surface area contributed by atoms with Crippen molar-refractivity contribution in [2.45, 2.75) is 19.9 Å². The van der Waals surface area contributed by atoms with Crippen LogP contribution in [0.4, 0.5) is 4.39 Å². The summed E-state index contributed by atoms with van der Waals surface area (Å²) in [7, 11) is 1.57. The van der Waals surface area contributed by atoms with Gasteiger partial charge in [0.05, 0.1) is 7.11 Å². The molecule has 0 radical (unpaired) electrons. The van der Waals surface area contributed by atoms with Crippen LogP contribution in [-0.2, 0) is 0 Å². The fraction of sp³-hybridized carbons (Fsp3) is 0.250. The summed E-state index contributed by atoms with van der Waals surface area (Å²) in [6, 6.07) is 9.77. The maximum atomic E-state index is 13.9. The van der Waals surface area contributed by atoms with E-state index < -0.39 is 6.04 Å². The monoisotopic (exact) mass is 275 g/mol. The van der Waals surface area contributed by atoms with Gasteiger partial charge in [-0.25, -0.2) is 4.39 Å². The van der Waals surface area contributed by atoms with Crippen LogP contribution in [0.15, 0.2) is 36.4 Å². The van der Waals surface area contributed by atoms with E-state index in [1.165, 1.54) is 6.07 Å². The molecule has 0 amide bonds. The van der Waals surface area contributed by atoms with Crippen LogP contribution < -0.4 is 15.2 Å². The second-order valence-electron chi connectivity index (χ2n) is 4.70. The third kappa shape index (κ3) is 2.91. The van der Waals surface area contributed by atoms with Crippen molar-refractivity contribution in [3.8, 4) is 17.2 Å². The Morgan fingerprint density at radius 3 is 2.50 bits per heavy atom. The molecule has 0 spiro atoms. The van der Waals surface area contributed by atoms with Crippen LogP contribution in [0, 0.1) is 12.7 Å². The van der Waals surface area contributed by atoms with Crippen molar-refractivity contribution in [2.75, 3.05) is 7.11 Å². The molecule has 0 saturated carbocycles. The third-order valence-electron chi connectivity index (χ3n) is 3.01. The lowest BCUT2D eigenvalue weighted by Crippen LogP contribution is -2.09. The highest BCUT2D eigenvalue weighted by Gasteiger charge is 2.15. The number of methoxy groups -OCH3 is 1. The Morgan fingerprint density at radius 2 is 1.85 bits per heavy atom. The minimum atomic E-state index is -0.456. The summed E-state index contributed by atoms with van der Waals surface area (Å²) >= 11 is 0. The van der Waals surface area contributed by atoms with Gasteiger partial charge in [-0.05, 0) is 43.7 Å². The van der Waals surface area contributed by atoms with Gasteiger partial charge in [0, 0.05) is 11.6 Å². The molecule has 0 aromatic heterocycles. The van der Waals surface area contributed by atoms with E-state index in [9.17, 15) is 4.39 Å². The maximum Gasteiger partial charge on any atom is 0.169 e. The lowest BCUT2D eigenvalue weighted by Gasteiger charge is -2.16. The number of benzene rings is 2. The number of aryl methyl sites for hydroxylation is 1. The number of hydrogen-bond donors (Lipinski definition) is 1. The molecule has 0 saturated heterocycles. The molecule has 2 N–H and O–H groups in total. The average Bonchev–Trinajstić information content (AvgIpc) is 2.40. The summed E-state index contributed by atoms with van der Waals surface area (Å²) in [6.07, 6.45) is 0. The molecule has 0 aliphatic carbocycles. The number of rotatable bonds is 4. The molecular formula is C16H18FNO2. The normalized spacial score (nSPS) is 12.1. The van der Waals surface area contributed by atoms with E-state index in [1.54, 1.807) is 32.2 Å². The van der Waals surface area contributed by atoms with E-state index >= 15 is 0 Å². The molecule has 0 aliphatic heterocycles. The summed E-state index contributed by atoms with van der Waals surface area (Å²) < 4.78 is 24.9. The number of hydrogen-bond acceptors (Lipinski definition) is 3. The van der Waals surface area contributed by atoms with Gasteiger partial charge in [0.15, 0.2) is 11.5 Å². The zero-order chi connectivity index (χ0) is 14.7. The number of ether oxygens (including phenoxy) is 2. The molecule has 2 aromatic carbocycles. The average molecular weight is 275 g/mol. The molecule has 2 rings (SSSR count). The topological polar surface area (TPSA) is 44.5 Å². The van der Waals surface area contributed by atoms with Crippen LogP contribution in [0.25, 0.3) is 0 Å². The highest BCUT2D eigenvalue weighted by atomic mass is 19.1. The van der Waals surface area contributed by atoms with E-state index in [-0.39, 0.29) is 5.82 Å². The van der Waals surface area contributed by atoms with E-state index in [2.05, 4.69) is 0 Å². The first-order valence-electron chi connectivity index (χ1n) is 6.39. The second-order valence-corrected chi connectivity index (χ2v) is 4.70. The quantitative estimate of drug-likeness (QED) is 0.918. The largest absolute Gasteiger partial charge is 0.493 e. The first kappa shape index (κ1) is 14.3. The predicted octanol–water partition coefficient (Wildman–Crippen LogP) is 3.95. The predicted molar refractivity (Wildman–Crippen MR) is 76.8 cm³/mol. The molecule has 106 valence electrons. The highest BCUT2D eigenvalue weighted by Crippen LogP contribution is 2.35. The van der Waals surface area contributed by atoms with E-state index in [0.717, 1.165) is 5.56 Å². The van der Waals surface area contributed by atoms with Crippen molar-refractivity contribution in [2.24, 2.45) is 5.73 Å². The van der Waals surface area contributed by atoms with Crippen LogP contribution >= 0.6 is 0 Å². The minimum Gasteiger partial charge on any atom is -0.493 e. The van der Waals surface area contributed by atoms with E-state index in [0.29, 0.717) is 22.8 Å². The molecule has 3 nitrogen and oxygen atoms in total. The molecule has 0 fully saturated rings. The van der Waals surface area contributed by atoms with Crippen LogP contribution in [0.3, 0.4) is 0 Å². The van der Waals surface area contributed by atoms with Crippen LogP contribution in [0.2, 0.25) is 0 Å². The molecule has 20 heavy (non-hydrogen) atoms. The zero-order valence-corrected chi connectivity index (χ0v) is 11.8. The molecule has 0 unspecified atom stereocenters. The summed E-state index contributed by atoms with van der Waals surface area (Å²) in [5.74, 6) is 1.17. The summed E-state index contributed by atoms with van der Waals surface area (Å²) in [4.78, 5) is 0. The Balaban J connectivity index is 2.43. The molecule has 4 heteroatoms. The van der Waals surface area contributed by atoms with Crippen molar-refractivity contribution in [1.29, 1.82) is 0 Å². The van der Waals surface area contributed by atoms with Crippen molar-refractivity contribution in [3.63, 3.8) is 0 Å². The Kier molecular flexibility index (Phi) is 4.25. The smallest absolute Gasteiger partial charge is 0.169 e. The Bertz CT molecular complexity index is 611. The maximum absolute atomic E-state index is 13.9. The second kappa shape index (κ2) is 5.92. The van der Waals surface area contributed by atoms with E-state index in [1.807, 2.05) is 19.1 Å². The van der Waals surface area contributed by atoms with Gasteiger partial charge in [0.25, 0.3) is 0 Å². The summed E-state index contributed by atoms with van der Waals surface area (Å²) in [6.45, 7) is 3.68. The van der Waals surface area contributed by atoms with Gasteiger partial charge in [-0.15, -0.1) is 0 Å². The highest BCUT2D eigenvalue weighted by molar-refractivity contribution is 5.47. The Hall–Kier alpha value is -2.07. The van der Waals surface area contributed by atoms with Crippen molar-refractivity contribution >= 4 is 0 Å². The van der Waals surface area contributed by atoms with Gasteiger partial charge >= 0.3 is 0 Å². The SMILES string of the molecule is COc1cc(C)ccc1Oc1cccc(F)c1[C@H](C)N. The lowest BCUT2D eigenvalue weighted by molar-refractivity contribution is 0.375. The van der Waals surface area contributed by atoms with Gasteiger partial charge in [0.1, 0.15) is 11.6 Å². The van der Waals surface area contributed by atoms with Crippen LogP contribution in [-0.4, -0.2) is 7.11 Å². The standard InChI is InChI=1S/C16H18FNO2/c1-10-7-8-13(15(9-10)19-3)20-14-6-4-5-12(17)16(14)11(2)18/h4-9,11H,18H2,1-3H3/t11-/m0/s1. The van der Waals surface area contributed by atoms with Gasteiger partial charge in [-0.2, -0.15) is 0 Å². The summed E-state index contributed by atoms with van der Waals surface area (Å²) in [5.41, 5.74) is 7.23. The molecule has 1 atom stereocenters. The molecule has 0 aliphatic rings. The Labute approximate surface area is 118 Å². The fourth-order valence-electron chi connectivity index (χ4n) is 2.03. The molecule has 0 bridgehead atoms. The van der Waals surface area contributed by atoms with Gasteiger partial charge in [-0.3, -0.25) is 0 Å². The number of halogens is 1. The van der Waals surface area contributed by atoms with Gasteiger partial charge in [0.2, 0.25) is 0 Å².